The fourth-order valence-corrected chi connectivity index (χ4v) is 4.62. The molecule has 0 N–H and O–H groups in total. The summed E-state index contributed by atoms with van der Waals surface area (Å²) >= 11 is 0. The molecule has 1 aromatic carbocycles. The molecule has 1 aliphatic carbocycles. The van der Waals surface area contributed by atoms with Gasteiger partial charge in [-0.15, -0.1) is 0 Å². The lowest BCUT2D eigenvalue weighted by atomic mass is 9.87. The maximum atomic E-state index is 14.4. The second-order valence-electron chi connectivity index (χ2n) is 10.0. The Kier molecular flexibility index (Phi) is 9.89. The highest BCUT2D eigenvalue weighted by Crippen LogP contribution is 2.33. The van der Waals surface area contributed by atoms with Gasteiger partial charge in [0.15, 0.2) is 0 Å². The Labute approximate surface area is 219 Å². The minimum atomic E-state index is -0.451. The van der Waals surface area contributed by atoms with Crippen molar-refractivity contribution in [2.24, 2.45) is 5.92 Å². The number of halogens is 1. The van der Waals surface area contributed by atoms with Gasteiger partial charge in [0.1, 0.15) is 18.2 Å². The van der Waals surface area contributed by atoms with E-state index in [4.69, 9.17) is 19.2 Å². The van der Waals surface area contributed by atoms with Crippen LogP contribution < -0.4 is 4.74 Å². The number of carbonyl (C=O) groups is 2. The second kappa shape index (κ2) is 12.9. The first kappa shape index (κ1) is 28.4. The summed E-state index contributed by atoms with van der Waals surface area (Å²) in [5.74, 6) is -0.0253. The molecule has 1 aromatic heterocycles. The van der Waals surface area contributed by atoms with Crippen molar-refractivity contribution in [3.05, 3.63) is 46.9 Å². The molecule has 1 heterocycles. The number of aryl methyl sites for hydroxylation is 1. The quantitative estimate of drug-likeness (QED) is 0.362. The third-order valence-corrected chi connectivity index (χ3v) is 6.66. The monoisotopic (exact) mass is 514 g/mol. The Morgan fingerprint density at radius 3 is 2.59 bits per heavy atom. The summed E-state index contributed by atoms with van der Waals surface area (Å²) in [7, 11) is 1.68. The van der Waals surface area contributed by atoms with Crippen LogP contribution in [0.15, 0.2) is 24.3 Å². The average Bonchev–Trinajstić information content (AvgIpc) is 2.86. The molecule has 3 rings (SSSR count). The maximum Gasteiger partial charge on any atom is 0.409 e. The predicted octanol–water partition coefficient (Wildman–Crippen LogP) is 6.37. The van der Waals surface area contributed by atoms with E-state index in [0.717, 1.165) is 25.7 Å². The molecule has 202 valence electrons. The number of carbonyl (C=O) groups excluding carboxylic acids is 2. The lowest BCUT2D eigenvalue weighted by Gasteiger charge is -2.29. The summed E-state index contributed by atoms with van der Waals surface area (Å²) in [6, 6.07) is 6.75. The molecule has 37 heavy (non-hydrogen) atoms. The zero-order valence-corrected chi connectivity index (χ0v) is 22.8. The number of rotatable bonds is 9. The van der Waals surface area contributed by atoms with E-state index in [0.29, 0.717) is 46.8 Å². The number of hydrogen-bond donors (Lipinski definition) is 0. The molecule has 7 nitrogen and oxygen atoms in total. The van der Waals surface area contributed by atoms with E-state index in [2.05, 4.69) is 0 Å². The predicted molar refractivity (Wildman–Crippen MR) is 140 cm³/mol. The molecule has 1 saturated carbocycles. The normalized spacial score (nSPS) is 17.4. The van der Waals surface area contributed by atoms with Crippen LogP contribution in [-0.4, -0.2) is 47.7 Å². The number of pyridine rings is 1. The molecule has 8 heteroatoms. The Morgan fingerprint density at radius 2 is 1.92 bits per heavy atom. The van der Waals surface area contributed by atoms with E-state index < -0.39 is 6.09 Å². The highest BCUT2D eigenvalue weighted by Gasteiger charge is 2.30. The molecule has 0 radical (unpaired) electrons. The highest BCUT2D eigenvalue weighted by molar-refractivity contribution is 5.73. The van der Waals surface area contributed by atoms with Crippen molar-refractivity contribution < 1.29 is 28.2 Å². The first-order chi connectivity index (χ1) is 17.6. The van der Waals surface area contributed by atoms with Gasteiger partial charge in [0.2, 0.25) is 0 Å². The number of amides is 1. The summed E-state index contributed by atoms with van der Waals surface area (Å²) in [6.45, 7) is 9.75. The van der Waals surface area contributed by atoms with E-state index in [1.54, 1.807) is 20.0 Å². The lowest BCUT2D eigenvalue weighted by molar-refractivity contribution is -0.154. The smallest absolute Gasteiger partial charge is 0.409 e. The van der Waals surface area contributed by atoms with Gasteiger partial charge in [0.25, 0.3) is 0 Å². The standard InChI is InChI=1S/C29H39FN2O5/c1-7-15-32(6)29(34)35-17-24-19(4)25(30)12-11-23(24)26-13-14-27(20(5)31-26)37-22-10-8-9-21(16-22)28(33)36-18(2)3/h11-14,18,21-22H,7-10,15-17H2,1-6H3/t21-,22-/m0/s1. The van der Waals surface area contributed by atoms with Crippen LogP contribution >= 0.6 is 0 Å². The van der Waals surface area contributed by atoms with Crippen LogP contribution in [0.2, 0.25) is 0 Å². The number of hydrogen-bond acceptors (Lipinski definition) is 6. The third kappa shape index (κ3) is 7.43. The van der Waals surface area contributed by atoms with Crippen molar-refractivity contribution in [1.82, 2.24) is 9.88 Å². The van der Waals surface area contributed by atoms with Gasteiger partial charge in [-0.2, -0.15) is 0 Å². The molecular formula is C29H39FN2O5. The van der Waals surface area contributed by atoms with Gasteiger partial charge in [0, 0.05) is 24.7 Å². The minimum absolute atomic E-state index is 0.0548. The van der Waals surface area contributed by atoms with Gasteiger partial charge < -0.3 is 19.1 Å². The molecule has 2 aromatic rings. The van der Waals surface area contributed by atoms with Crippen molar-refractivity contribution in [2.45, 2.75) is 85.5 Å². The fraction of sp³-hybridized carbons (Fsp3) is 0.552. The van der Waals surface area contributed by atoms with Crippen LogP contribution in [0.5, 0.6) is 5.75 Å². The van der Waals surface area contributed by atoms with Gasteiger partial charge in [-0.05, 0) is 89.6 Å². The molecule has 0 spiro atoms. The lowest BCUT2D eigenvalue weighted by Crippen LogP contribution is -2.31. The Balaban J connectivity index is 1.76. The summed E-state index contributed by atoms with van der Waals surface area (Å²) in [5.41, 5.74) is 3.04. The first-order valence-corrected chi connectivity index (χ1v) is 13.1. The van der Waals surface area contributed by atoms with E-state index in [1.165, 1.54) is 11.0 Å². The van der Waals surface area contributed by atoms with Crippen LogP contribution in [0.25, 0.3) is 11.3 Å². The molecule has 1 aliphatic rings. The molecular weight excluding hydrogens is 475 g/mol. The van der Waals surface area contributed by atoms with Gasteiger partial charge in [0.05, 0.1) is 29.5 Å². The number of aromatic nitrogens is 1. The zero-order valence-electron chi connectivity index (χ0n) is 22.8. The van der Waals surface area contributed by atoms with Crippen molar-refractivity contribution in [1.29, 1.82) is 0 Å². The number of nitrogens with zero attached hydrogens (tertiary/aromatic N) is 2. The van der Waals surface area contributed by atoms with E-state index in [9.17, 15) is 14.0 Å². The summed E-state index contributed by atoms with van der Waals surface area (Å²) in [4.78, 5) is 30.9. The van der Waals surface area contributed by atoms with Crippen molar-refractivity contribution >= 4 is 12.1 Å². The third-order valence-electron chi connectivity index (χ3n) is 6.66. The minimum Gasteiger partial charge on any atom is -0.489 e. The van der Waals surface area contributed by atoms with E-state index in [-0.39, 0.29) is 36.5 Å². The van der Waals surface area contributed by atoms with Crippen LogP contribution in [-0.2, 0) is 20.9 Å². The molecule has 0 saturated heterocycles. The topological polar surface area (TPSA) is 78.0 Å². The van der Waals surface area contributed by atoms with Crippen LogP contribution in [0.4, 0.5) is 9.18 Å². The molecule has 1 fully saturated rings. The van der Waals surface area contributed by atoms with Crippen LogP contribution in [0.1, 0.15) is 69.7 Å². The Hall–Kier alpha value is -3.16. The first-order valence-electron chi connectivity index (χ1n) is 13.1. The summed E-state index contributed by atoms with van der Waals surface area (Å²) in [6.07, 6.45) is 3.34. The summed E-state index contributed by atoms with van der Waals surface area (Å²) in [5, 5.41) is 0. The average molecular weight is 515 g/mol. The van der Waals surface area contributed by atoms with E-state index >= 15 is 0 Å². The molecule has 0 bridgehead atoms. The van der Waals surface area contributed by atoms with Gasteiger partial charge in [-0.25, -0.2) is 14.2 Å². The number of esters is 1. The van der Waals surface area contributed by atoms with Crippen molar-refractivity contribution in [3.63, 3.8) is 0 Å². The molecule has 2 atom stereocenters. The molecule has 1 amide bonds. The fourth-order valence-electron chi connectivity index (χ4n) is 4.62. The second-order valence-corrected chi connectivity index (χ2v) is 10.0. The van der Waals surface area contributed by atoms with Gasteiger partial charge in [-0.3, -0.25) is 4.79 Å². The van der Waals surface area contributed by atoms with Crippen molar-refractivity contribution in [3.8, 4) is 17.0 Å². The van der Waals surface area contributed by atoms with Gasteiger partial charge >= 0.3 is 12.1 Å². The van der Waals surface area contributed by atoms with Crippen LogP contribution in [0, 0.1) is 25.6 Å². The maximum absolute atomic E-state index is 14.4. The summed E-state index contributed by atoms with van der Waals surface area (Å²) < 4.78 is 31.6. The highest BCUT2D eigenvalue weighted by atomic mass is 19.1. The molecule has 0 unspecified atom stereocenters. The number of ether oxygens (including phenoxy) is 3. The zero-order chi connectivity index (χ0) is 27.1. The number of benzene rings is 1. The Morgan fingerprint density at radius 1 is 1.16 bits per heavy atom. The van der Waals surface area contributed by atoms with Gasteiger partial charge in [-0.1, -0.05) is 6.92 Å². The molecule has 0 aliphatic heterocycles. The van der Waals surface area contributed by atoms with E-state index in [1.807, 2.05) is 39.8 Å². The SMILES string of the molecule is CCCN(C)C(=O)OCc1c(-c2ccc(O[C@H]3CCC[C@H](C(=O)OC(C)C)C3)c(C)n2)ccc(F)c1C. The van der Waals surface area contributed by atoms with Crippen LogP contribution in [0.3, 0.4) is 0 Å². The van der Waals surface area contributed by atoms with Crippen molar-refractivity contribution in [2.75, 3.05) is 13.6 Å². The Bertz CT molecular complexity index is 1100. The largest absolute Gasteiger partial charge is 0.489 e.